The second-order valence-corrected chi connectivity index (χ2v) is 11.9. The Bertz CT molecular complexity index is 640. The Kier molecular flexibility index (Phi) is 5.90. The van der Waals surface area contributed by atoms with Crippen LogP contribution in [0.15, 0.2) is 60.7 Å². The molecule has 2 aromatic rings. The van der Waals surface area contributed by atoms with Gasteiger partial charge in [0.1, 0.15) is 5.41 Å². The summed E-state index contributed by atoms with van der Waals surface area (Å²) in [6.07, 6.45) is 7.11. The highest BCUT2D eigenvalue weighted by Gasteiger charge is 2.39. The second-order valence-electron chi connectivity index (χ2n) is 7.96. The van der Waals surface area contributed by atoms with Crippen LogP contribution in [0.5, 0.6) is 0 Å². The van der Waals surface area contributed by atoms with E-state index in [1.807, 2.05) is 12.1 Å². The van der Waals surface area contributed by atoms with E-state index in [0.29, 0.717) is 5.41 Å². The summed E-state index contributed by atoms with van der Waals surface area (Å²) >= 11 is 0. The molecule has 1 aliphatic rings. The first-order valence-electron chi connectivity index (χ1n) is 9.75. The fourth-order valence-electron chi connectivity index (χ4n) is 4.42. The molecular formula is C23H30OSi. The normalized spacial score (nSPS) is 20.6. The first kappa shape index (κ1) is 18.1. The minimum absolute atomic E-state index is 0.482. The summed E-state index contributed by atoms with van der Waals surface area (Å²) in [5, 5.41) is 2.96. The van der Waals surface area contributed by atoms with Crippen molar-refractivity contribution in [3.8, 4) is 0 Å². The summed E-state index contributed by atoms with van der Waals surface area (Å²) in [4.78, 5) is 13.4. The van der Waals surface area contributed by atoms with Gasteiger partial charge in [-0.1, -0.05) is 93.4 Å². The third-order valence-electron chi connectivity index (χ3n) is 6.08. The molecule has 3 rings (SSSR count). The second kappa shape index (κ2) is 8.14. The third-order valence-corrected chi connectivity index (χ3v) is 10.4. The maximum absolute atomic E-state index is 13.4. The van der Waals surface area contributed by atoms with Crippen LogP contribution in [-0.2, 0) is 4.79 Å². The van der Waals surface area contributed by atoms with Gasteiger partial charge in [-0.2, -0.15) is 0 Å². The van der Waals surface area contributed by atoms with Gasteiger partial charge in [-0.05, 0) is 35.1 Å². The maximum atomic E-state index is 13.4. The summed E-state index contributed by atoms with van der Waals surface area (Å²) < 4.78 is 0. The van der Waals surface area contributed by atoms with E-state index in [1.54, 1.807) is 0 Å². The fourth-order valence-corrected chi connectivity index (χ4v) is 7.79. The molecule has 132 valence electrons. The Hall–Kier alpha value is -1.67. The van der Waals surface area contributed by atoms with E-state index >= 15 is 0 Å². The fraction of sp³-hybridized carbons (Fsp3) is 0.435. The number of hydrogen-bond donors (Lipinski definition) is 0. The maximum Gasteiger partial charge on any atom is 0.190 e. The lowest BCUT2D eigenvalue weighted by molar-refractivity contribution is -0.112. The number of benzene rings is 2. The molecule has 2 atom stereocenters. The van der Waals surface area contributed by atoms with E-state index in [1.165, 1.54) is 36.1 Å². The molecule has 0 saturated heterocycles. The summed E-state index contributed by atoms with van der Waals surface area (Å²) in [5.41, 5.74) is 0. The van der Waals surface area contributed by atoms with Crippen molar-refractivity contribution in [2.24, 2.45) is 11.8 Å². The zero-order valence-corrected chi connectivity index (χ0v) is 16.6. The summed E-state index contributed by atoms with van der Waals surface area (Å²) in [7, 11) is -2.33. The minimum Gasteiger partial charge on any atom is -0.305 e. The Labute approximate surface area is 153 Å². The molecule has 0 aliphatic heterocycles. The van der Waals surface area contributed by atoms with Gasteiger partial charge in [0.05, 0.1) is 0 Å². The lowest BCUT2D eigenvalue weighted by atomic mass is 9.99. The zero-order chi connectivity index (χ0) is 17.7. The van der Waals surface area contributed by atoms with Crippen molar-refractivity contribution in [1.29, 1.82) is 0 Å². The van der Waals surface area contributed by atoms with E-state index in [2.05, 4.69) is 62.0 Å². The smallest absolute Gasteiger partial charge is 0.190 e. The van der Waals surface area contributed by atoms with Gasteiger partial charge >= 0.3 is 0 Å². The molecule has 0 spiro atoms. The van der Waals surface area contributed by atoms with Crippen molar-refractivity contribution in [3.05, 3.63) is 60.7 Å². The van der Waals surface area contributed by atoms with Crippen LogP contribution in [0.2, 0.25) is 6.55 Å². The molecule has 2 heteroatoms. The van der Waals surface area contributed by atoms with Gasteiger partial charge in [-0.25, -0.2) is 0 Å². The largest absolute Gasteiger partial charge is 0.305 e. The molecule has 0 radical (unpaired) electrons. The van der Waals surface area contributed by atoms with Crippen LogP contribution < -0.4 is 10.4 Å². The number of carbonyl (C=O) groups excluding carboxylic acids is 1. The molecule has 0 N–H and O–H groups in total. The molecule has 2 aromatic carbocycles. The highest BCUT2D eigenvalue weighted by Crippen LogP contribution is 2.33. The summed E-state index contributed by atoms with van der Waals surface area (Å²) in [6.45, 7) is 4.59. The molecule has 0 aromatic heterocycles. The Balaban J connectivity index is 1.74. The molecule has 25 heavy (non-hydrogen) atoms. The van der Waals surface area contributed by atoms with Crippen molar-refractivity contribution >= 4 is 23.9 Å². The van der Waals surface area contributed by atoms with E-state index < -0.39 is 8.07 Å². The molecule has 0 bridgehead atoms. The van der Waals surface area contributed by atoms with Gasteiger partial charge in [-0.15, -0.1) is 0 Å². The molecule has 0 amide bonds. The standard InChI is InChI=1S/C23H30OSi/c1-19-16-17-20(18-19)10-9-15-23(24)25(2,21-11-5-3-6-12-21)22-13-7-4-8-14-22/h3-8,11-14,19-20H,9-10,15-18H2,1-2H3. The van der Waals surface area contributed by atoms with Crippen LogP contribution in [0, 0.1) is 11.8 Å². The van der Waals surface area contributed by atoms with E-state index in [9.17, 15) is 4.79 Å². The van der Waals surface area contributed by atoms with Crippen LogP contribution in [0.25, 0.3) is 0 Å². The number of rotatable bonds is 7. The Morgan fingerprint density at radius 1 is 0.960 bits per heavy atom. The summed E-state index contributed by atoms with van der Waals surface area (Å²) in [5.74, 6) is 1.73. The predicted molar refractivity (Wildman–Crippen MR) is 109 cm³/mol. The van der Waals surface area contributed by atoms with Crippen molar-refractivity contribution in [2.75, 3.05) is 0 Å². The number of hydrogen-bond acceptors (Lipinski definition) is 1. The van der Waals surface area contributed by atoms with Gasteiger partial charge in [0.25, 0.3) is 0 Å². The van der Waals surface area contributed by atoms with Crippen molar-refractivity contribution in [3.63, 3.8) is 0 Å². The Morgan fingerprint density at radius 2 is 1.52 bits per heavy atom. The van der Waals surface area contributed by atoms with Gasteiger partial charge in [0.15, 0.2) is 8.07 Å². The van der Waals surface area contributed by atoms with Crippen LogP contribution in [0.3, 0.4) is 0 Å². The monoisotopic (exact) mass is 350 g/mol. The average molecular weight is 351 g/mol. The predicted octanol–water partition coefficient (Wildman–Crippen LogP) is 4.59. The molecule has 2 unspecified atom stereocenters. The van der Waals surface area contributed by atoms with Crippen LogP contribution >= 0.6 is 0 Å². The molecule has 1 nitrogen and oxygen atoms in total. The first-order valence-corrected chi connectivity index (χ1v) is 12.2. The van der Waals surface area contributed by atoms with Gasteiger partial charge < -0.3 is 4.79 Å². The quantitative estimate of drug-likeness (QED) is 0.667. The van der Waals surface area contributed by atoms with Gasteiger partial charge in [0, 0.05) is 6.42 Å². The minimum atomic E-state index is -2.33. The Morgan fingerprint density at radius 3 is 2.00 bits per heavy atom. The summed E-state index contributed by atoms with van der Waals surface area (Å²) in [6, 6.07) is 20.9. The van der Waals surface area contributed by atoms with E-state index in [0.717, 1.165) is 24.7 Å². The lowest BCUT2D eigenvalue weighted by Crippen LogP contribution is -2.62. The van der Waals surface area contributed by atoms with Crippen LogP contribution in [0.1, 0.15) is 45.4 Å². The first-order chi connectivity index (χ1) is 12.1. The molecule has 1 saturated carbocycles. The number of carbonyl (C=O) groups is 1. The van der Waals surface area contributed by atoms with Gasteiger partial charge in [0.2, 0.25) is 0 Å². The SMILES string of the molecule is CC1CCC(CCCC(=O)[Si](C)(c2ccccc2)c2ccccc2)C1. The average Bonchev–Trinajstić information content (AvgIpc) is 3.07. The highest BCUT2D eigenvalue weighted by atomic mass is 28.3. The van der Waals surface area contributed by atoms with E-state index in [4.69, 9.17) is 0 Å². The van der Waals surface area contributed by atoms with Crippen molar-refractivity contribution in [1.82, 2.24) is 0 Å². The van der Waals surface area contributed by atoms with Crippen LogP contribution in [0.4, 0.5) is 0 Å². The third kappa shape index (κ3) is 4.12. The molecule has 1 aliphatic carbocycles. The van der Waals surface area contributed by atoms with E-state index in [-0.39, 0.29) is 0 Å². The van der Waals surface area contributed by atoms with Gasteiger partial charge in [-0.3, -0.25) is 0 Å². The lowest BCUT2D eigenvalue weighted by Gasteiger charge is -2.27. The topological polar surface area (TPSA) is 17.1 Å². The van der Waals surface area contributed by atoms with Crippen LogP contribution in [-0.4, -0.2) is 13.5 Å². The highest BCUT2D eigenvalue weighted by molar-refractivity contribution is 7.21. The van der Waals surface area contributed by atoms with Crippen molar-refractivity contribution in [2.45, 2.75) is 52.0 Å². The molecule has 0 heterocycles. The molecule has 1 fully saturated rings. The zero-order valence-electron chi connectivity index (χ0n) is 15.6. The van der Waals surface area contributed by atoms with Crippen molar-refractivity contribution < 1.29 is 4.79 Å². The molecular weight excluding hydrogens is 320 g/mol.